The first-order chi connectivity index (χ1) is 12.9. The molecule has 1 aliphatic heterocycles. The predicted octanol–water partition coefficient (Wildman–Crippen LogP) is 3.58. The quantitative estimate of drug-likeness (QED) is 0.905. The Morgan fingerprint density at radius 1 is 1.26 bits per heavy atom. The molecule has 0 saturated carbocycles. The molecule has 0 radical (unpaired) electrons. The molecular formula is C23H28N2O2. The molecule has 0 spiro atoms. The molecule has 1 amide bonds. The lowest BCUT2D eigenvalue weighted by atomic mass is 9.59. The minimum absolute atomic E-state index is 0.0574. The van der Waals surface area contributed by atoms with E-state index in [1.54, 1.807) is 11.0 Å². The lowest BCUT2D eigenvalue weighted by Crippen LogP contribution is -2.59. The van der Waals surface area contributed by atoms with Crippen molar-refractivity contribution in [3.05, 3.63) is 59.7 Å². The number of hydrogen-bond acceptors (Lipinski definition) is 3. The van der Waals surface area contributed by atoms with Gasteiger partial charge in [0.25, 0.3) is 0 Å². The third-order valence-corrected chi connectivity index (χ3v) is 6.96. The summed E-state index contributed by atoms with van der Waals surface area (Å²) in [5.41, 5.74) is 3.59. The van der Waals surface area contributed by atoms with Crippen LogP contribution in [0, 0.1) is 5.92 Å². The van der Waals surface area contributed by atoms with E-state index in [1.165, 1.54) is 11.1 Å². The molecule has 1 heterocycles. The van der Waals surface area contributed by atoms with Crippen LogP contribution >= 0.6 is 0 Å². The number of para-hydroxylation sites is 1. The number of likely N-dealkylation sites (tertiary alicyclic amines) is 1. The van der Waals surface area contributed by atoms with Crippen LogP contribution in [0.1, 0.15) is 31.4 Å². The van der Waals surface area contributed by atoms with Gasteiger partial charge in [-0.05, 0) is 66.1 Å². The molecule has 4 nitrogen and oxygen atoms in total. The number of carbonyl (C=O) groups excluding carboxylic acids is 1. The number of phenolic OH excluding ortho intramolecular Hbond substituents is 1. The second-order valence-corrected chi connectivity index (χ2v) is 8.33. The van der Waals surface area contributed by atoms with Crippen molar-refractivity contribution in [1.82, 2.24) is 4.90 Å². The third-order valence-electron chi connectivity index (χ3n) is 6.96. The first kappa shape index (κ1) is 18.1. The maximum absolute atomic E-state index is 12.9. The molecule has 1 aliphatic carbocycles. The van der Waals surface area contributed by atoms with Gasteiger partial charge in [0.1, 0.15) is 5.75 Å². The monoisotopic (exact) mass is 364 g/mol. The van der Waals surface area contributed by atoms with Crippen molar-refractivity contribution in [2.75, 3.05) is 25.0 Å². The highest BCUT2D eigenvalue weighted by Gasteiger charge is 2.48. The Bertz CT molecular complexity index is 851. The van der Waals surface area contributed by atoms with Crippen LogP contribution in [0.25, 0.3) is 0 Å². The van der Waals surface area contributed by atoms with Crippen LogP contribution in [-0.2, 0) is 16.6 Å². The van der Waals surface area contributed by atoms with Crippen molar-refractivity contribution in [1.29, 1.82) is 0 Å². The van der Waals surface area contributed by atoms with Crippen molar-refractivity contribution < 1.29 is 9.90 Å². The molecule has 0 aromatic heterocycles. The van der Waals surface area contributed by atoms with Gasteiger partial charge in [0.05, 0.1) is 6.54 Å². The topological polar surface area (TPSA) is 43.8 Å². The maximum atomic E-state index is 12.9. The highest BCUT2D eigenvalue weighted by atomic mass is 16.3. The molecular weight excluding hydrogens is 336 g/mol. The number of carbonyl (C=O) groups is 1. The molecule has 27 heavy (non-hydrogen) atoms. The van der Waals surface area contributed by atoms with E-state index in [2.05, 4.69) is 24.8 Å². The number of hydrogen-bond donors (Lipinski definition) is 1. The molecule has 2 bridgehead atoms. The van der Waals surface area contributed by atoms with Crippen LogP contribution in [0.15, 0.2) is 48.5 Å². The number of rotatable bonds is 3. The minimum Gasteiger partial charge on any atom is -0.508 e. The van der Waals surface area contributed by atoms with Gasteiger partial charge in [-0.2, -0.15) is 0 Å². The van der Waals surface area contributed by atoms with Gasteiger partial charge >= 0.3 is 0 Å². The number of likely N-dealkylation sites (N-methyl/N-ethyl adjacent to an activating group) is 1. The van der Waals surface area contributed by atoms with E-state index in [0.717, 1.165) is 25.1 Å². The van der Waals surface area contributed by atoms with Crippen molar-refractivity contribution in [2.45, 2.75) is 38.1 Å². The number of benzene rings is 2. The predicted molar refractivity (Wildman–Crippen MR) is 108 cm³/mol. The molecule has 2 aliphatic rings. The standard InChI is InChI=1S/C23H28N2O2/c1-16-21-13-17-9-10-19(26)14-20(17)23(16,2)11-12-25(21)15-22(27)24(3)18-7-5-4-6-8-18/h4-10,14,16,21,26H,11-13,15H2,1-3H3/t16-,21+,23-/m1/s1. The van der Waals surface area contributed by atoms with Crippen LogP contribution in [0.2, 0.25) is 0 Å². The van der Waals surface area contributed by atoms with E-state index in [-0.39, 0.29) is 11.3 Å². The van der Waals surface area contributed by atoms with Gasteiger partial charge in [-0.3, -0.25) is 9.69 Å². The molecule has 1 N–H and O–H groups in total. The highest BCUT2D eigenvalue weighted by molar-refractivity contribution is 5.94. The van der Waals surface area contributed by atoms with E-state index < -0.39 is 0 Å². The average molecular weight is 364 g/mol. The SMILES string of the molecule is C[C@@H]1[C@@H]2Cc3ccc(O)cc3[C@]1(C)CCN2CC(=O)N(C)c1ccccc1. The molecule has 3 atom stereocenters. The Morgan fingerprint density at radius 3 is 2.74 bits per heavy atom. The normalized spacial score (nSPS) is 27.1. The summed E-state index contributed by atoms with van der Waals surface area (Å²) in [5.74, 6) is 0.923. The number of amides is 1. The summed E-state index contributed by atoms with van der Waals surface area (Å²) in [5, 5.41) is 9.97. The summed E-state index contributed by atoms with van der Waals surface area (Å²) < 4.78 is 0. The fourth-order valence-electron chi connectivity index (χ4n) is 4.97. The second kappa shape index (κ2) is 6.68. The van der Waals surface area contributed by atoms with Crippen molar-refractivity contribution in [2.24, 2.45) is 5.92 Å². The zero-order valence-corrected chi connectivity index (χ0v) is 16.4. The summed E-state index contributed by atoms with van der Waals surface area (Å²) in [6, 6.07) is 16.0. The average Bonchev–Trinajstić information content (AvgIpc) is 2.67. The smallest absolute Gasteiger partial charge is 0.240 e. The molecule has 2 aromatic carbocycles. The van der Waals surface area contributed by atoms with Gasteiger partial charge < -0.3 is 10.0 Å². The van der Waals surface area contributed by atoms with Gasteiger partial charge in [-0.15, -0.1) is 0 Å². The number of phenols is 1. The van der Waals surface area contributed by atoms with Gasteiger partial charge in [-0.1, -0.05) is 38.1 Å². The Morgan fingerprint density at radius 2 is 2.00 bits per heavy atom. The molecule has 0 unspecified atom stereocenters. The van der Waals surface area contributed by atoms with Gasteiger partial charge in [0, 0.05) is 18.8 Å². The number of aromatic hydroxyl groups is 1. The summed E-state index contributed by atoms with van der Waals surface area (Å²) in [6.45, 7) is 5.98. The summed E-state index contributed by atoms with van der Waals surface area (Å²) in [4.78, 5) is 17.0. The molecule has 4 heteroatoms. The number of fused-ring (bicyclic) bond motifs is 4. The van der Waals surface area contributed by atoms with Crippen LogP contribution in [-0.4, -0.2) is 42.1 Å². The zero-order chi connectivity index (χ0) is 19.2. The summed E-state index contributed by atoms with van der Waals surface area (Å²) in [6.07, 6.45) is 1.94. The van der Waals surface area contributed by atoms with Gasteiger partial charge in [-0.25, -0.2) is 0 Å². The van der Waals surface area contributed by atoms with Gasteiger partial charge in [0.2, 0.25) is 5.91 Å². The maximum Gasteiger partial charge on any atom is 0.240 e. The van der Waals surface area contributed by atoms with Gasteiger partial charge in [0.15, 0.2) is 0 Å². The third kappa shape index (κ3) is 3.02. The zero-order valence-electron chi connectivity index (χ0n) is 16.4. The Labute approximate surface area is 161 Å². The first-order valence-corrected chi connectivity index (χ1v) is 9.78. The van der Waals surface area contributed by atoms with E-state index in [1.807, 2.05) is 43.4 Å². The van der Waals surface area contributed by atoms with Crippen LogP contribution in [0.3, 0.4) is 0 Å². The van der Waals surface area contributed by atoms with E-state index in [0.29, 0.717) is 24.3 Å². The van der Waals surface area contributed by atoms with E-state index in [4.69, 9.17) is 0 Å². The minimum atomic E-state index is 0.0574. The number of piperidine rings is 1. The highest BCUT2D eigenvalue weighted by Crippen LogP contribution is 2.49. The van der Waals surface area contributed by atoms with Crippen LogP contribution in [0.4, 0.5) is 5.69 Å². The lowest BCUT2D eigenvalue weighted by molar-refractivity contribution is -0.121. The van der Waals surface area contributed by atoms with E-state index in [9.17, 15) is 9.90 Å². The Hall–Kier alpha value is -2.33. The number of nitrogens with zero attached hydrogens (tertiary/aromatic N) is 2. The molecule has 4 rings (SSSR count). The van der Waals surface area contributed by atoms with Crippen LogP contribution in [0.5, 0.6) is 5.75 Å². The molecule has 1 saturated heterocycles. The molecule has 2 aromatic rings. The largest absolute Gasteiger partial charge is 0.508 e. The second-order valence-electron chi connectivity index (χ2n) is 8.33. The Balaban J connectivity index is 1.56. The fourth-order valence-corrected chi connectivity index (χ4v) is 4.97. The van der Waals surface area contributed by atoms with E-state index >= 15 is 0 Å². The number of anilines is 1. The Kier molecular flexibility index (Phi) is 4.47. The molecule has 142 valence electrons. The lowest BCUT2D eigenvalue weighted by Gasteiger charge is -2.54. The first-order valence-electron chi connectivity index (χ1n) is 9.78. The van der Waals surface area contributed by atoms with Crippen molar-refractivity contribution in [3.63, 3.8) is 0 Å². The molecule has 1 fully saturated rings. The van der Waals surface area contributed by atoms with Crippen molar-refractivity contribution >= 4 is 11.6 Å². The summed E-state index contributed by atoms with van der Waals surface area (Å²) in [7, 11) is 1.86. The fraction of sp³-hybridized carbons (Fsp3) is 0.435. The summed E-state index contributed by atoms with van der Waals surface area (Å²) >= 11 is 0. The van der Waals surface area contributed by atoms with Crippen molar-refractivity contribution in [3.8, 4) is 5.75 Å². The van der Waals surface area contributed by atoms with Crippen LogP contribution < -0.4 is 4.90 Å².